The molecule has 11 rings (SSSR count). The SMILES string of the molecule is Cc1c(Cl)c2c(Cl)c(C)c1-c1c(-c3ccc(F)cc3)sc3ncnc(c13)OC(C(=O)O)Cc1cc(ccc1OCc1ccnc(C3CCC(F)(COC[C@@H]4COCCO4)CC3)n1)OCC(CN1CCN(C)CC1)O2. The van der Waals surface area contributed by atoms with Gasteiger partial charge < -0.3 is 43.2 Å². The molecule has 0 amide bonds. The van der Waals surface area contributed by atoms with Crippen molar-refractivity contribution in [2.45, 2.75) is 82.5 Å². The molecule has 1 N–H and O–H groups in total. The Morgan fingerprint density at radius 1 is 0.932 bits per heavy atom. The fourth-order valence-corrected chi connectivity index (χ4v) is 11.8. The highest BCUT2D eigenvalue weighted by molar-refractivity contribution is 7.22. The third-order valence-electron chi connectivity index (χ3n) is 14.3. The maximum atomic E-state index is 15.9. The molecule has 3 atom stereocenters. The zero-order valence-electron chi connectivity index (χ0n) is 41.4. The molecule has 3 aromatic carbocycles. The third-order valence-corrected chi connectivity index (χ3v) is 16.3. The Bertz CT molecular complexity index is 2940. The van der Waals surface area contributed by atoms with E-state index in [1.807, 2.05) is 13.8 Å². The van der Waals surface area contributed by atoms with Crippen LogP contribution < -0.4 is 18.9 Å². The van der Waals surface area contributed by atoms with Crippen LogP contribution in [0.15, 0.2) is 61.1 Å². The van der Waals surface area contributed by atoms with Crippen molar-refractivity contribution in [2.75, 3.05) is 79.4 Å². The number of likely N-dealkylation sites (N-methyl/N-ethyl adjacent to an activating group) is 1. The smallest absolute Gasteiger partial charge is 0.345 e. The van der Waals surface area contributed by atoms with Gasteiger partial charge in [-0.2, -0.15) is 0 Å². The van der Waals surface area contributed by atoms with Crippen LogP contribution in [0.5, 0.6) is 23.1 Å². The average Bonchev–Trinajstić information content (AvgIpc) is 3.79. The van der Waals surface area contributed by atoms with Gasteiger partial charge in [0.1, 0.15) is 65.4 Å². The number of aromatic nitrogens is 4. The Morgan fingerprint density at radius 2 is 1.70 bits per heavy atom. The molecule has 2 saturated heterocycles. The number of fused-ring (bicyclic) bond motifs is 7. The van der Waals surface area contributed by atoms with Crippen molar-refractivity contribution in [2.24, 2.45) is 0 Å². The molecule has 0 radical (unpaired) electrons. The van der Waals surface area contributed by atoms with Crippen molar-refractivity contribution in [1.82, 2.24) is 29.7 Å². The lowest BCUT2D eigenvalue weighted by Gasteiger charge is -2.35. The lowest BCUT2D eigenvalue weighted by Crippen LogP contribution is -2.49. The molecule has 1 saturated carbocycles. The molecule has 4 aliphatic heterocycles. The molecule has 3 fully saturated rings. The molecule has 4 bridgehead atoms. The maximum absolute atomic E-state index is 15.9. The first-order chi connectivity index (χ1) is 35.8. The molecule has 3 aromatic heterocycles. The largest absolute Gasteiger partial charge is 0.490 e. The summed E-state index contributed by atoms with van der Waals surface area (Å²) >= 11 is 16.0. The summed E-state index contributed by atoms with van der Waals surface area (Å²) in [6.45, 7) is 9.57. The quantitative estimate of drug-likeness (QED) is 0.123. The number of aliphatic carboxylic acids is 1. The Kier molecular flexibility index (Phi) is 16.1. The molecular formula is C54H58Cl2F2N6O9S. The van der Waals surface area contributed by atoms with E-state index in [9.17, 15) is 14.3 Å². The molecule has 7 heterocycles. The van der Waals surface area contributed by atoms with Crippen LogP contribution in [-0.2, 0) is 32.0 Å². The molecule has 392 valence electrons. The van der Waals surface area contributed by atoms with Crippen LogP contribution in [0.1, 0.15) is 59.8 Å². The summed E-state index contributed by atoms with van der Waals surface area (Å²) in [5.74, 6) is 0.0324. The standard InChI is InChI=1S/C54H58Cl2F2N6O9S/c1-31-43-32(2)47(56)48(46(31)55)72-39(24-64-18-16-63(3)17-19-64)28-70-38-8-9-41(71-25-37-12-15-59-50(62-37)34-10-13-54(58,14-11-34)29-68-27-40-26-67-20-21-69-40)35(22-38)23-42(53(65)66)73-51-45-44(43)49(74-52(45)61-30-60-51)33-4-6-36(57)7-5-33/h4-9,12,15,22,30,34,39-40,42H,10-11,13-14,16-21,23-29H2,1-3H3,(H,65,66)/t34?,39?,40-,42?,54?/m0/s1. The minimum atomic E-state index is -1.49. The van der Waals surface area contributed by atoms with Gasteiger partial charge in [0.15, 0.2) is 5.75 Å². The van der Waals surface area contributed by atoms with E-state index >= 15 is 4.39 Å². The fraction of sp³-hybridized carbons (Fsp3) is 0.463. The summed E-state index contributed by atoms with van der Waals surface area (Å²) in [4.78, 5) is 37.8. The Balaban J connectivity index is 0.969. The number of carboxylic acid groups (broad SMARTS) is 1. The fourth-order valence-electron chi connectivity index (χ4n) is 10.1. The van der Waals surface area contributed by atoms with E-state index in [0.717, 1.165) is 26.2 Å². The highest BCUT2D eigenvalue weighted by Gasteiger charge is 2.38. The summed E-state index contributed by atoms with van der Waals surface area (Å²) < 4.78 is 73.5. The number of alkyl halides is 1. The predicted octanol–water partition coefficient (Wildman–Crippen LogP) is 9.72. The molecule has 5 aliphatic rings. The molecule has 0 spiro atoms. The molecule has 20 heteroatoms. The first-order valence-electron chi connectivity index (χ1n) is 24.9. The normalized spacial score (nSPS) is 22.9. The van der Waals surface area contributed by atoms with Crippen molar-refractivity contribution in [3.63, 3.8) is 0 Å². The number of thiophene rings is 1. The molecule has 1 aliphatic carbocycles. The third kappa shape index (κ3) is 11.7. The highest BCUT2D eigenvalue weighted by Crippen LogP contribution is 2.53. The number of rotatable bonds is 12. The van der Waals surface area contributed by atoms with Crippen LogP contribution >= 0.6 is 34.5 Å². The van der Waals surface area contributed by atoms with Crippen LogP contribution in [0, 0.1) is 19.7 Å². The molecular weight excluding hydrogens is 1020 g/mol. The lowest BCUT2D eigenvalue weighted by molar-refractivity contribution is -0.145. The maximum Gasteiger partial charge on any atom is 0.345 e. The van der Waals surface area contributed by atoms with E-state index in [4.69, 9.17) is 61.3 Å². The molecule has 74 heavy (non-hydrogen) atoms. The summed E-state index contributed by atoms with van der Waals surface area (Å²) in [5.41, 5.74) is 2.84. The van der Waals surface area contributed by atoms with E-state index in [2.05, 4.69) is 31.8 Å². The number of piperazine rings is 1. The number of ether oxygens (including phenoxy) is 7. The summed E-state index contributed by atoms with van der Waals surface area (Å²) in [6, 6.07) is 13.1. The van der Waals surface area contributed by atoms with Gasteiger partial charge in [-0.1, -0.05) is 35.3 Å². The van der Waals surface area contributed by atoms with Crippen LogP contribution in [0.4, 0.5) is 8.78 Å². The zero-order chi connectivity index (χ0) is 51.5. The van der Waals surface area contributed by atoms with Crippen molar-refractivity contribution < 1.29 is 51.8 Å². The number of carboxylic acids is 1. The van der Waals surface area contributed by atoms with Crippen LogP contribution in [-0.4, -0.2) is 144 Å². The molecule has 2 unspecified atom stereocenters. The van der Waals surface area contributed by atoms with Gasteiger partial charge in [0.05, 0.1) is 54.2 Å². The molecule has 6 aromatic rings. The predicted molar refractivity (Wildman–Crippen MR) is 277 cm³/mol. The number of carbonyl (C=O) groups is 1. The van der Waals surface area contributed by atoms with Gasteiger partial charge in [-0.15, -0.1) is 11.3 Å². The number of nitrogens with zero attached hydrogens (tertiary/aromatic N) is 6. The van der Waals surface area contributed by atoms with Gasteiger partial charge in [0.25, 0.3) is 0 Å². The molecule has 15 nitrogen and oxygen atoms in total. The Labute approximate surface area is 442 Å². The van der Waals surface area contributed by atoms with Crippen molar-refractivity contribution in [3.05, 3.63) is 105 Å². The van der Waals surface area contributed by atoms with Crippen molar-refractivity contribution in [1.29, 1.82) is 0 Å². The van der Waals surface area contributed by atoms with Gasteiger partial charge in [0, 0.05) is 67.3 Å². The van der Waals surface area contributed by atoms with E-state index in [-0.39, 0.29) is 60.8 Å². The van der Waals surface area contributed by atoms with Crippen molar-refractivity contribution in [3.8, 4) is 44.7 Å². The second kappa shape index (κ2) is 22.9. The number of hydrogen-bond acceptors (Lipinski definition) is 15. The first-order valence-corrected chi connectivity index (χ1v) is 26.5. The van der Waals surface area contributed by atoms with Gasteiger partial charge in [-0.05, 0) is 105 Å². The van der Waals surface area contributed by atoms with E-state index in [1.54, 1.807) is 42.6 Å². The Morgan fingerprint density at radius 3 is 2.43 bits per heavy atom. The van der Waals surface area contributed by atoms with Crippen LogP contribution in [0.25, 0.3) is 31.8 Å². The van der Waals surface area contributed by atoms with Gasteiger partial charge in [-0.25, -0.2) is 33.5 Å². The number of halogens is 4. The highest BCUT2D eigenvalue weighted by atomic mass is 35.5. The van der Waals surface area contributed by atoms with E-state index in [1.165, 1.54) is 29.8 Å². The number of benzene rings is 3. The second-order valence-corrected chi connectivity index (χ2v) is 21.3. The van der Waals surface area contributed by atoms with Gasteiger partial charge in [-0.3, -0.25) is 4.90 Å². The summed E-state index contributed by atoms with van der Waals surface area (Å²) in [7, 11) is 2.10. The zero-order valence-corrected chi connectivity index (χ0v) is 43.7. The Hall–Kier alpha value is -5.31. The summed E-state index contributed by atoms with van der Waals surface area (Å²) in [5, 5.41) is 11.9. The summed E-state index contributed by atoms with van der Waals surface area (Å²) in [6.07, 6.45) is 2.34. The topological polar surface area (TPSA) is 160 Å². The van der Waals surface area contributed by atoms with Gasteiger partial charge in [0.2, 0.25) is 12.0 Å². The van der Waals surface area contributed by atoms with E-state index in [0.29, 0.717) is 129 Å². The van der Waals surface area contributed by atoms with Crippen LogP contribution in [0.2, 0.25) is 10.0 Å². The van der Waals surface area contributed by atoms with E-state index < -0.39 is 29.7 Å². The minimum absolute atomic E-state index is 0.00668. The minimum Gasteiger partial charge on any atom is -0.490 e. The second-order valence-electron chi connectivity index (χ2n) is 19.5. The monoisotopic (exact) mass is 1070 g/mol. The van der Waals surface area contributed by atoms with Crippen LogP contribution in [0.3, 0.4) is 0 Å². The lowest BCUT2D eigenvalue weighted by atomic mass is 9.80. The average molecular weight is 1080 g/mol. The van der Waals surface area contributed by atoms with Crippen molar-refractivity contribution >= 4 is 50.7 Å². The number of hydrogen-bond donors (Lipinski definition) is 1. The van der Waals surface area contributed by atoms with Gasteiger partial charge >= 0.3 is 5.97 Å². The first kappa shape index (κ1) is 52.1.